The Labute approximate surface area is 116 Å². The Morgan fingerprint density at radius 3 is 2.68 bits per heavy atom. The summed E-state index contributed by atoms with van der Waals surface area (Å²) >= 11 is 0. The second-order valence-electron chi connectivity index (χ2n) is 5.25. The zero-order chi connectivity index (χ0) is 13.4. The molecular formula is C15H19NO2S. The van der Waals surface area contributed by atoms with E-state index >= 15 is 0 Å². The van der Waals surface area contributed by atoms with Crippen molar-refractivity contribution in [2.45, 2.75) is 44.0 Å². The molecule has 0 amide bonds. The Bertz CT molecular complexity index is 536. The first-order chi connectivity index (χ1) is 9.16. The number of allylic oxidation sites excluding steroid dienone is 1. The van der Waals surface area contributed by atoms with Crippen LogP contribution >= 0.6 is 0 Å². The van der Waals surface area contributed by atoms with E-state index in [9.17, 15) is 4.21 Å². The van der Waals surface area contributed by atoms with Crippen molar-refractivity contribution in [3.63, 3.8) is 0 Å². The van der Waals surface area contributed by atoms with Crippen LogP contribution in [0.4, 0.5) is 0 Å². The predicted molar refractivity (Wildman–Crippen MR) is 75.7 cm³/mol. The molecule has 0 radical (unpaired) electrons. The minimum Gasteiger partial charge on any atom is -0.409 e. The molecule has 2 atom stereocenters. The molecule has 19 heavy (non-hydrogen) atoms. The van der Waals surface area contributed by atoms with Crippen molar-refractivity contribution in [2.75, 3.05) is 6.54 Å². The molecule has 4 heteroatoms. The van der Waals surface area contributed by atoms with Crippen LogP contribution in [0.25, 0.3) is 0 Å². The van der Waals surface area contributed by atoms with E-state index in [4.69, 9.17) is 4.84 Å². The summed E-state index contributed by atoms with van der Waals surface area (Å²) in [4.78, 5) is 7.60. The van der Waals surface area contributed by atoms with Gasteiger partial charge in [0.25, 0.3) is 0 Å². The number of hydrogen-bond donors (Lipinski definition) is 0. The molecule has 0 spiro atoms. The summed E-state index contributed by atoms with van der Waals surface area (Å²) in [7, 11) is -1.10. The Morgan fingerprint density at radius 2 is 1.95 bits per heavy atom. The Morgan fingerprint density at radius 1 is 1.21 bits per heavy atom. The first-order valence-corrected chi connectivity index (χ1v) is 7.95. The zero-order valence-electron chi connectivity index (χ0n) is 11.4. The maximum atomic E-state index is 12.8. The van der Waals surface area contributed by atoms with Gasteiger partial charge in [-0.05, 0) is 45.2 Å². The van der Waals surface area contributed by atoms with Gasteiger partial charge in [0.1, 0.15) is 5.76 Å². The van der Waals surface area contributed by atoms with E-state index in [1.807, 2.05) is 43.2 Å². The molecule has 2 aliphatic rings. The van der Waals surface area contributed by atoms with Crippen LogP contribution in [0.3, 0.4) is 0 Å². The average Bonchev–Trinajstić information content (AvgIpc) is 2.74. The second-order valence-corrected chi connectivity index (χ2v) is 6.69. The van der Waals surface area contributed by atoms with E-state index in [2.05, 4.69) is 0 Å². The minimum absolute atomic E-state index is 0.205. The summed E-state index contributed by atoms with van der Waals surface area (Å²) in [6.07, 6.45) is 3.39. The smallest absolute Gasteiger partial charge is 0.135 e. The third-order valence-electron chi connectivity index (χ3n) is 3.79. The van der Waals surface area contributed by atoms with Crippen molar-refractivity contribution in [3.05, 3.63) is 40.5 Å². The molecule has 2 heterocycles. The van der Waals surface area contributed by atoms with Gasteiger partial charge >= 0.3 is 0 Å². The highest BCUT2D eigenvalue weighted by molar-refractivity contribution is 7.89. The van der Waals surface area contributed by atoms with Crippen molar-refractivity contribution in [1.82, 2.24) is 5.06 Å². The largest absolute Gasteiger partial charge is 0.409 e. The number of nitrogens with zero attached hydrogens (tertiary/aromatic N) is 1. The summed E-state index contributed by atoms with van der Waals surface area (Å²) in [5.41, 5.74) is 1.19. The molecule has 0 saturated carbocycles. The van der Waals surface area contributed by atoms with Crippen LogP contribution < -0.4 is 0 Å². The summed E-state index contributed by atoms with van der Waals surface area (Å²) in [6, 6.07) is 8.14. The first-order valence-electron chi connectivity index (χ1n) is 6.80. The van der Waals surface area contributed by atoms with Crippen molar-refractivity contribution in [1.29, 1.82) is 0 Å². The van der Waals surface area contributed by atoms with Crippen molar-refractivity contribution in [3.8, 4) is 0 Å². The predicted octanol–water partition coefficient (Wildman–Crippen LogP) is 3.13. The molecule has 0 aliphatic carbocycles. The molecule has 1 aromatic rings. The van der Waals surface area contributed by atoms with E-state index in [1.165, 1.54) is 12.0 Å². The van der Waals surface area contributed by atoms with Gasteiger partial charge in [-0.1, -0.05) is 17.7 Å². The maximum Gasteiger partial charge on any atom is 0.135 e. The summed E-state index contributed by atoms with van der Waals surface area (Å²) in [5.74, 6) is 0.825. The number of hydrogen-bond acceptors (Lipinski definition) is 3. The molecule has 0 aromatic heterocycles. The molecule has 3 nitrogen and oxygen atoms in total. The highest BCUT2D eigenvalue weighted by Crippen LogP contribution is 2.36. The highest BCUT2D eigenvalue weighted by Gasteiger charge is 2.38. The fourth-order valence-electron chi connectivity index (χ4n) is 2.77. The molecule has 1 fully saturated rings. The van der Waals surface area contributed by atoms with Crippen LogP contribution in [0.15, 0.2) is 39.8 Å². The van der Waals surface area contributed by atoms with Crippen molar-refractivity contribution < 1.29 is 9.05 Å². The van der Waals surface area contributed by atoms with Crippen LogP contribution in [0, 0.1) is 6.92 Å². The lowest BCUT2D eigenvalue weighted by Gasteiger charge is -2.28. The van der Waals surface area contributed by atoms with Crippen LogP contribution in [0.2, 0.25) is 0 Å². The van der Waals surface area contributed by atoms with Gasteiger partial charge in [-0.15, -0.1) is 5.06 Å². The third-order valence-corrected chi connectivity index (χ3v) is 5.45. The Balaban J connectivity index is 1.90. The molecule has 2 aliphatic heterocycles. The van der Waals surface area contributed by atoms with Gasteiger partial charge in [-0.25, -0.2) is 4.21 Å². The number of aryl methyl sites for hydroxylation is 1. The van der Waals surface area contributed by atoms with Gasteiger partial charge in [-0.2, -0.15) is 0 Å². The lowest BCUT2D eigenvalue weighted by molar-refractivity contribution is -0.129. The average molecular weight is 277 g/mol. The van der Waals surface area contributed by atoms with Crippen LogP contribution in [0.5, 0.6) is 0 Å². The van der Waals surface area contributed by atoms with Gasteiger partial charge in [0, 0.05) is 11.4 Å². The standard InChI is InChI=1S/C15H19NO2S/c1-11-6-8-13(9-7-11)19(17)15-12(2)18-16-10-4-3-5-14(15)16/h6-9,14H,3-5,10H2,1-2H3/t14-,19+/m1/s1. The monoisotopic (exact) mass is 277 g/mol. The zero-order valence-corrected chi connectivity index (χ0v) is 12.2. The van der Waals surface area contributed by atoms with Crippen LogP contribution in [0.1, 0.15) is 31.7 Å². The molecule has 1 saturated heterocycles. The number of benzene rings is 1. The lowest BCUT2D eigenvalue weighted by atomic mass is 10.0. The van der Waals surface area contributed by atoms with Gasteiger partial charge < -0.3 is 4.84 Å². The summed E-state index contributed by atoms with van der Waals surface area (Å²) < 4.78 is 12.8. The molecular weight excluding hydrogens is 258 g/mol. The van der Waals surface area contributed by atoms with Crippen molar-refractivity contribution in [2.24, 2.45) is 0 Å². The van der Waals surface area contributed by atoms with E-state index in [1.54, 1.807) is 0 Å². The van der Waals surface area contributed by atoms with Gasteiger partial charge in [0.05, 0.1) is 21.7 Å². The molecule has 0 N–H and O–H groups in total. The van der Waals surface area contributed by atoms with E-state index in [-0.39, 0.29) is 6.04 Å². The Hall–Kier alpha value is -1.13. The fraction of sp³-hybridized carbons (Fsp3) is 0.467. The highest BCUT2D eigenvalue weighted by atomic mass is 32.2. The normalized spacial score (nSPS) is 25.1. The summed E-state index contributed by atoms with van der Waals surface area (Å²) in [6.45, 7) is 4.91. The van der Waals surface area contributed by atoms with Crippen LogP contribution in [-0.4, -0.2) is 21.9 Å². The van der Waals surface area contributed by atoms with E-state index in [0.29, 0.717) is 0 Å². The molecule has 0 unspecified atom stereocenters. The summed E-state index contributed by atoms with van der Waals surface area (Å²) in [5, 5.41) is 2.00. The second kappa shape index (κ2) is 5.10. The van der Waals surface area contributed by atoms with Gasteiger partial charge in [0.15, 0.2) is 0 Å². The fourth-order valence-corrected chi connectivity index (χ4v) is 4.19. The topological polar surface area (TPSA) is 29.5 Å². The third kappa shape index (κ3) is 2.35. The molecule has 1 aromatic carbocycles. The van der Waals surface area contributed by atoms with Gasteiger partial charge in [-0.3, -0.25) is 0 Å². The number of piperidine rings is 1. The SMILES string of the molecule is CC1=C([S@@](=O)c2ccc(C)cc2)[C@H]2CCCCN2O1. The van der Waals surface area contributed by atoms with E-state index in [0.717, 1.165) is 34.9 Å². The minimum atomic E-state index is -1.10. The molecule has 0 bridgehead atoms. The maximum absolute atomic E-state index is 12.8. The molecule has 3 rings (SSSR count). The first kappa shape index (κ1) is 12.9. The van der Waals surface area contributed by atoms with Crippen molar-refractivity contribution >= 4 is 10.8 Å². The van der Waals surface area contributed by atoms with Crippen LogP contribution in [-0.2, 0) is 15.6 Å². The quantitative estimate of drug-likeness (QED) is 0.832. The number of rotatable bonds is 2. The van der Waals surface area contributed by atoms with E-state index < -0.39 is 10.8 Å². The number of fused-ring (bicyclic) bond motifs is 1. The molecule has 102 valence electrons. The number of hydroxylamine groups is 2. The van der Waals surface area contributed by atoms with Gasteiger partial charge in [0.2, 0.25) is 0 Å². The lowest BCUT2D eigenvalue weighted by Crippen LogP contribution is -2.36. The Kier molecular flexibility index (Phi) is 3.46.